The Bertz CT molecular complexity index is 706. The molecule has 21 heavy (non-hydrogen) atoms. The summed E-state index contributed by atoms with van der Waals surface area (Å²) in [5.74, 6) is -0.515. The lowest BCUT2D eigenvalue weighted by Crippen LogP contribution is -2.19. The first-order valence-corrected chi connectivity index (χ1v) is 6.51. The van der Waals surface area contributed by atoms with Crippen molar-refractivity contribution in [3.8, 4) is 0 Å². The number of aromatic nitrogens is 1. The number of hydrogen-bond donors (Lipinski definition) is 3. The van der Waals surface area contributed by atoms with Crippen molar-refractivity contribution in [2.45, 2.75) is 0 Å². The third-order valence-corrected chi connectivity index (χ3v) is 2.93. The van der Waals surface area contributed by atoms with Crippen molar-refractivity contribution in [2.75, 3.05) is 10.6 Å². The van der Waals surface area contributed by atoms with Gasteiger partial charge in [-0.2, -0.15) is 0 Å². The minimum atomic E-state index is -0.696. The molecule has 0 unspecified atom stereocenters. The summed E-state index contributed by atoms with van der Waals surface area (Å²) in [5.41, 5.74) is 5.93. The second-order valence-corrected chi connectivity index (χ2v) is 4.78. The van der Waals surface area contributed by atoms with E-state index in [2.05, 4.69) is 15.6 Å². The zero-order valence-electron chi connectivity index (χ0n) is 10.6. The summed E-state index contributed by atoms with van der Waals surface area (Å²) in [6.07, 6.45) is 0. The molecule has 1 heterocycles. The molecule has 2 aromatic rings. The molecule has 2 rings (SSSR count). The van der Waals surface area contributed by atoms with Gasteiger partial charge in [-0.1, -0.05) is 29.3 Å². The predicted molar refractivity (Wildman–Crippen MR) is 81.9 cm³/mol. The molecule has 1 aromatic heterocycles. The Morgan fingerprint density at radius 2 is 1.71 bits per heavy atom. The van der Waals surface area contributed by atoms with Crippen LogP contribution in [0.3, 0.4) is 0 Å². The van der Waals surface area contributed by atoms with Crippen LogP contribution in [-0.2, 0) is 0 Å². The number of rotatable bonds is 3. The quantitative estimate of drug-likeness (QED) is 0.756. The Morgan fingerprint density at radius 1 is 1.05 bits per heavy atom. The monoisotopic (exact) mass is 324 g/mol. The van der Waals surface area contributed by atoms with E-state index >= 15 is 0 Å². The predicted octanol–water partition coefficient (Wildman–Crippen LogP) is 3.13. The molecular weight excluding hydrogens is 315 g/mol. The zero-order chi connectivity index (χ0) is 15.4. The molecule has 1 aromatic carbocycles. The first kappa shape index (κ1) is 15.1. The molecule has 4 N–H and O–H groups in total. The van der Waals surface area contributed by atoms with Crippen molar-refractivity contribution in [3.05, 3.63) is 52.3 Å². The van der Waals surface area contributed by atoms with Crippen LogP contribution in [0, 0.1) is 0 Å². The smallest absolute Gasteiger partial charge is 0.316 e. The Kier molecular flexibility index (Phi) is 4.62. The third kappa shape index (κ3) is 4.08. The van der Waals surface area contributed by atoms with E-state index in [9.17, 15) is 9.59 Å². The molecule has 108 valence electrons. The van der Waals surface area contributed by atoms with Gasteiger partial charge in [-0.25, -0.2) is 9.78 Å². The lowest BCUT2D eigenvalue weighted by molar-refractivity contribution is 0.102. The van der Waals surface area contributed by atoms with Crippen molar-refractivity contribution in [2.24, 2.45) is 5.73 Å². The van der Waals surface area contributed by atoms with Gasteiger partial charge in [0, 0.05) is 11.4 Å². The van der Waals surface area contributed by atoms with Crippen LogP contribution in [0.15, 0.2) is 36.4 Å². The first-order chi connectivity index (χ1) is 9.95. The highest BCUT2D eigenvalue weighted by Gasteiger charge is 2.13. The molecule has 0 saturated heterocycles. The number of nitrogens with zero attached hydrogens (tertiary/aromatic N) is 1. The lowest BCUT2D eigenvalue weighted by Gasteiger charge is -2.08. The number of carbonyl (C=O) groups is 2. The van der Waals surface area contributed by atoms with Gasteiger partial charge in [0.1, 0.15) is 10.8 Å². The molecule has 8 heteroatoms. The second-order valence-electron chi connectivity index (χ2n) is 3.99. The number of primary amides is 1. The minimum absolute atomic E-state index is 0.0115. The number of anilines is 2. The molecule has 0 radical (unpaired) electrons. The van der Waals surface area contributed by atoms with Gasteiger partial charge in [0.05, 0.1) is 5.02 Å². The average molecular weight is 325 g/mol. The molecule has 0 aliphatic heterocycles. The molecule has 0 saturated carbocycles. The highest BCUT2D eigenvalue weighted by atomic mass is 35.5. The summed E-state index contributed by atoms with van der Waals surface area (Å²) in [5, 5.41) is 5.35. The van der Waals surface area contributed by atoms with Gasteiger partial charge < -0.3 is 16.4 Å². The van der Waals surface area contributed by atoms with Crippen molar-refractivity contribution >= 4 is 46.5 Å². The molecule has 0 aliphatic rings. The van der Waals surface area contributed by atoms with Crippen LogP contribution in [-0.4, -0.2) is 16.9 Å². The molecular formula is C13H10Cl2N4O2. The summed E-state index contributed by atoms with van der Waals surface area (Å²) in [7, 11) is 0. The van der Waals surface area contributed by atoms with Crippen LogP contribution in [0.2, 0.25) is 10.2 Å². The number of hydrogen-bond acceptors (Lipinski definition) is 3. The highest BCUT2D eigenvalue weighted by molar-refractivity contribution is 6.35. The zero-order valence-corrected chi connectivity index (χ0v) is 12.1. The van der Waals surface area contributed by atoms with Crippen molar-refractivity contribution in [1.29, 1.82) is 0 Å². The summed E-state index contributed by atoms with van der Waals surface area (Å²) < 4.78 is 0. The lowest BCUT2D eigenvalue weighted by atomic mass is 10.2. The van der Waals surface area contributed by atoms with Crippen molar-refractivity contribution in [3.63, 3.8) is 0 Å². The van der Waals surface area contributed by atoms with E-state index in [-0.39, 0.29) is 15.9 Å². The van der Waals surface area contributed by atoms with Gasteiger partial charge in [-0.05, 0) is 30.3 Å². The SMILES string of the molecule is NC(=O)Nc1cccc(NC(=O)c2nc(Cl)ccc2Cl)c1. The maximum absolute atomic E-state index is 12.1. The largest absolute Gasteiger partial charge is 0.351 e. The first-order valence-electron chi connectivity index (χ1n) is 5.75. The Morgan fingerprint density at radius 3 is 2.38 bits per heavy atom. The van der Waals surface area contributed by atoms with E-state index in [0.29, 0.717) is 11.4 Å². The maximum Gasteiger partial charge on any atom is 0.316 e. The fourth-order valence-electron chi connectivity index (χ4n) is 1.58. The molecule has 0 spiro atoms. The fraction of sp³-hybridized carbons (Fsp3) is 0. The summed E-state index contributed by atoms with van der Waals surface area (Å²) >= 11 is 11.6. The number of nitrogens with two attached hydrogens (primary N) is 1. The van der Waals surface area contributed by atoms with Crippen LogP contribution < -0.4 is 16.4 Å². The van der Waals surface area contributed by atoms with Gasteiger partial charge in [0.2, 0.25) is 0 Å². The van der Waals surface area contributed by atoms with E-state index in [1.54, 1.807) is 24.3 Å². The molecule has 0 aliphatic carbocycles. The van der Waals surface area contributed by atoms with E-state index in [1.807, 2.05) is 0 Å². The minimum Gasteiger partial charge on any atom is -0.351 e. The van der Waals surface area contributed by atoms with Crippen LogP contribution >= 0.6 is 23.2 Å². The standard InChI is InChI=1S/C13H10Cl2N4O2/c14-9-4-5-10(15)19-11(9)12(20)17-7-2-1-3-8(6-7)18-13(16)21/h1-6H,(H,17,20)(H3,16,18,21). The molecule has 0 atom stereocenters. The third-order valence-electron chi connectivity index (χ3n) is 2.42. The van der Waals surface area contributed by atoms with E-state index in [1.165, 1.54) is 12.1 Å². The summed E-state index contributed by atoms with van der Waals surface area (Å²) in [6, 6.07) is 8.73. The van der Waals surface area contributed by atoms with E-state index in [0.717, 1.165) is 0 Å². The van der Waals surface area contributed by atoms with Crippen molar-refractivity contribution < 1.29 is 9.59 Å². The summed E-state index contributed by atoms with van der Waals surface area (Å²) in [6.45, 7) is 0. The Balaban J connectivity index is 2.19. The molecule has 6 nitrogen and oxygen atoms in total. The van der Waals surface area contributed by atoms with Crippen molar-refractivity contribution in [1.82, 2.24) is 4.98 Å². The van der Waals surface area contributed by atoms with Gasteiger partial charge in [-0.15, -0.1) is 0 Å². The topological polar surface area (TPSA) is 97.1 Å². The molecule has 3 amide bonds. The van der Waals surface area contributed by atoms with Crippen LogP contribution in [0.5, 0.6) is 0 Å². The van der Waals surface area contributed by atoms with Gasteiger partial charge in [-0.3, -0.25) is 4.79 Å². The number of halogens is 2. The summed E-state index contributed by atoms with van der Waals surface area (Å²) in [4.78, 5) is 26.8. The number of amides is 3. The van der Waals surface area contributed by atoms with Crippen LogP contribution in [0.25, 0.3) is 0 Å². The Hall–Kier alpha value is -2.31. The number of pyridine rings is 1. The van der Waals surface area contributed by atoms with E-state index in [4.69, 9.17) is 28.9 Å². The maximum atomic E-state index is 12.1. The number of nitrogens with one attached hydrogen (secondary N) is 2. The normalized spacial score (nSPS) is 10.0. The molecule has 0 bridgehead atoms. The van der Waals surface area contributed by atoms with E-state index < -0.39 is 11.9 Å². The molecule has 0 fully saturated rings. The number of urea groups is 1. The highest BCUT2D eigenvalue weighted by Crippen LogP contribution is 2.20. The average Bonchev–Trinajstić information content (AvgIpc) is 2.41. The van der Waals surface area contributed by atoms with Gasteiger partial charge in [0.25, 0.3) is 5.91 Å². The second kappa shape index (κ2) is 6.43. The fourth-order valence-corrected chi connectivity index (χ4v) is 1.92. The number of benzene rings is 1. The van der Waals surface area contributed by atoms with Gasteiger partial charge in [0.15, 0.2) is 0 Å². The number of carbonyl (C=O) groups excluding carboxylic acids is 2. The van der Waals surface area contributed by atoms with Gasteiger partial charge >= 0.3 is 6.03 Å². The van der Waals surface area contributed by atoms with Crippen LogP contribution in [0.1, 0.15) is 10.5 Å². The Labute approximate surface area is 130 Å². The van der Waals surface area contributed by atoms with Crippen LogP contribution in [0.4, 0.5) is 16.2 Å².